The van der Waals surface area contributed by atoms with Crippen LogP contribution in [0.5, 0.6) is 5.75 Å². The van der Waals surface area contributed by atoms with Crippen LogP contribution in [-0.4, -0.2) is 14.7 Å². The number of para-hydroxylation sites is 2. The molecule has 0 atom stereocenters. The molecule has 0 radical (unpaired) electrons. The van der Waals surface area contributed by atoms with Crippen LogP contribution in [0.3, 0.4) is 0 Å². The summed E-state index contributed by atoms with van der Waals surface area (Å²) in [6, 6.07) is 32.7. The summed E-state index contributed by atoms with van der Waals surface area (Å²) in [5.41, 5.74) is 6.02. The van der Waals surface area contributed by atoms with E-state index in [0.29, 0.717) is 0 Å². The van der Waals surface area contributed by atoms with Crippen LogP contribution in [-0.2, 0) is 0 Å². The van der Waals surface area contributed by atoms with Gasteiger partial charge in [0.1, 0.15) is 10.8 Å². The minimum Gasteiger partial charge on any atom is -0.507 e. The first kappa shape index (κ1) is 17.9. The number of phenolic OH excluding ortho intramolecular Hbond substituents is 1. The minimum absolute atomic E-state index is 0.235. The molecule has 0 aliphatic carbocycles. The van der Waals surface area contributed by atoms with E-state index in [1.54, 1.807) is 17.4 Å². The lowest BCUT2D eigenvalue weighted by molar-refractivity contribution is 0.477. The normalized spacial score (nSPS) is 11.4. The molecule has 4 heteroatoms. The zero-order valence-electron chi connectivity index (χ0n) is 16.6. The molecular formula is C27H18N2OS. The van der Waals surface area contributed by atoms with Crippen molar-refractivity contribution in [3.63, 3.8) is 0 Å². The number of rotatable bonds is 3. The van der Waals surface area contributed by atoms with Crippen molar-refractivity contribution < 1.29 is 5.11 Å². The van der Waals surface area contributed by atoms with Gasteiger partial charge in [0, 0.05) is 27.4 Å². The number of benzene rings is 4. The van der Waals surface area contributed by atoms with E-state index in [4.69, 9.17) is 4.98 Å². The summed E-state index contributed by atoms with van der Waals surface area (Å²) < 4.78 is 2.25. The Kier molecular flexibility index (Phi) is 4.11. The molecule has 0 bridgehead atoms. The third-order valence-electron chi connectivity index (χ3n) is 5.62. The Balaban J connectivity index is 1.54. The van der Waals surface area contributed by atoms with Gasteiger partial charge in [-0.05, 0) is 30.3 Å². The molecule has 0 saturated carbocycles. The predicted molar refractivity (Wildman–Crippen MR) is 129 cm³/mol. The van der Waals surface area contributed by atoms with E-state index in [1.807, 2.05) is 47.8 Å². The maximum absolute atomic E-state index is 10.6. The Morgan fingerprint density at radius 1 is 0.710 bits per heavy atom. The Morgan fingerprint density at radius 3 is 2.06 bits per heavy atom. The van der Waals surface area contributed by atoms with Crippen molar-refractivity contribution in [2.24, 2.45) is 0 Å². The molecule has 0 spiro atoms. The fourth-order valence-electron chi connectivity index (χ4n) is 4.17. The van der Waals surface area contributed by atoms with Crippen LogP contribution in [0, 0.1) is 0 Å². The first-order valence-corrected chi connectivity index (χ1v) is 11.0. The summed E-state index contributed by atoms with van der Waals surface area (Å²) in [5, 5.41) is 15.9. The molecule has 148 valence electrons. The second kappa shape index (κ2) is 7.11. The van der Waals surface area contributed by atoms with E-state index in [9.17, 15) is 5.11 Å². The summed E-state index contributed by atoms with van der Waals surface area (Å²) in [6.07, 6.45) is 0. The van der Waals surface area contributed by atoms with Gasteiger partial charge in [-0.15, -0.1) is 11.3 Å². The molecule has 4 aromatic carbocycles. The third kappa shape index (κ3) is 2.92. The Bertz CT molecular complexity index is 1490. The molecule has 3 nitrogen and oxygen atoms in total. The van der Waals surface area contributed by atoms with Gasteiger partial charge in [0.2, 0.25) is 0 Å². The molecule has 0 saturated heterocycles. The van der Waals surface area contributed by atoms with Crippen molar-refractivity contribution in [3.8, 4) is 33.3 Å². The van der Waals surface area contributed by atoms with Crippen molar-refractivity contribution in [2.75, 3.05) is 0 Å². The topological polar surface area (TPSA) is 38.0 Å². The SMILES string of the molecule is Oc1ccc(-n2c3ccccc3c3ccccc32)cc1-c1nc(-c2ccccc2)cs1. The number of hydrogen-bond acceptors (Lipinski definition) is 3. The van der Waals surface area contributed by atoms with Gasteiger partial charge in [-0.25, -0.2) is 4.98 Å². The molecule has 0 amide bonds. The minimum atomic E-state index is 0.235. The van der Waals surface area contributed by atoms with Crippen LogP contribution in [0.2, 0.25) is 0 Å². The molecule has 2 heterocycles. The molecule has 1 N–H and O–H groups in total. The van der Waals surface area contributed by atoms with Crippen LogP contribution in [0.4, 0.5) is 0 Å². The molecule has 2 aromatic heterocycles. The number of phenols is 1. The lowest BCUT2D eigenvalue weighted by atomic mass is 10.1. The van der Waals surface area contributed by atoms with Crippen molar-refractivity contribution in [1.29, 1.82) is 0 Å². The molecular weight excluding hydrogens is 400 g/mol. The fraction of sp³-hybridized carbons (Fsp3) is 0. The van der Waals surface area contributed by atoms with Gasteiger partial charge in [0.05, 0.1) is 22.3 Å². The fourth-order valence-corrected chi connectivity index (χ4v) is 5.03. The van der Waals surface area contributed by atoms with E-state index in [1.165, 1.54) is 10.8 Å². The third-order valence-corrected chi connectivity index (χ3v) is 6.50. The number of hydrogen-bond donors (Lipinski definition) is 1. The van der Waals surface area contributed by atoms with E-state index < -0.39 is 0 Å². The van der Waals surface area contributed by atoms with E-state index in [0.717, 1.165) is 38.5 Å². The molecule has 0 unspecified atom stereocenters. The van der Waals surface area contributed by atoms with Gasteiger partial charge in [-0.2, -0.15) is 0 Å². The second-order valence-electron chi connectivity index (χ2n) is 7.48. The van der Waals surface area contributed by atoms with Crippen molar-refractivity contribution >= 4 is 33.1 Å². The Labute approximate surface area is 183 Å². The summed E-state index contributed by atoms with van der Waals surface area (Å²) in [4.78, 5) is 4.81. The number of aromatic hydroxyl groups is 1. The van der Waals surface area contributed by atoms with Crippen molar-refractivity contribution in [3.05, 3.63) is 102 Å². The van der Waals surface area contributed by atoms with E-state index in [2.05, 4.69) is 53.1 Å². The number of fused-ring (bicyclic) bond motifs is 3. The summed E-state index contributed by atoms with van der Waals surface area (Å²) in [5.74, 6) is 0.235. The molecule has 6 rings (SSSR count). The highest BCUT2D eigenvalue weighted by atomic mass is 32.1. The van der Waals surface area contributed by atoms with Gasteiger partial charge in [0.25, 0.3) is 0 Å². The van der Waals surface area contributed by atoms with Gasteiger partial charge in [-0.1, -0.05) is 66.7 Å². The van der Waals surface area contributed by atoms with Gasteiger partial charge < -0.3 is 9.67 Å². The first-order chi connectivity index (χ1) is 15.3. The largest absolute Gasteiger partial charge is 0.507 e. The predicted octanol–water partition coefficient (Wildman–Crippen LogP) is 7.28. The second-order valence-corrected chi connectivity index (χ2v) is 8.33. The Hall–Kier alpha value is -3.89. The quantitative estimate of drug-likeness (QED) is 0.328. The van der Waals surface area contributed by atoms with Crippen LogP contribution in [0.1, 0.15) is 0 Å². The molecule has 0 fully saturated rings. The summed E-state index contributed by atoms with van der Waals surface area (Å²) >= 11 is 1.54. The van der Waals surface area contributed by atoms with Crippen LogP contribution in [0.15, 0.2) is 102 Å². The van der Waals surface area contributed by atoms with Gasteiger partial charge in [0.15, 0.2) is 0 Å². The average molecular weight is 419 g/mol. The summed E-state index contributed by atoms with van der Waals surface area (Å²) in [7, 11) is 0. The van der Waals surface area contributed by atoms with Crippen molar-refractivity contribution in [1.82, 2.24) is 9.55 Å². The monoisotopic (exact) mass is 418 g/mol. The smallest absolute Gasteiger partial charge is 0.127 e. The van der Waals surface area contributed by atoms with Crippen molar-refractivity contribution in [2.45, 2.75) is 0 Å². The van der Waals surface area contributed by atoms with Gasteiger partial charge >= 0.3 is 0 Å². The lowest BCUT2D eigenvalue weighted by Gasteiger charge is -2.10. The average Bonchev–Trinajstić information content (AvgIpc) is 3.44. The van der Waals surface area contributed by atoms with Gasteiger partial charge in [-0.3, -0.25) is 0 Å². The van der Waals surface area contributed by atoms with E-state index in [-0.39, 0.29) is 5.75 Å². The highest BCUT2D eigenvalue weighted by Gasteiger charge is 2.15. The standard InChI is InChI=1S/C27H18N2OS/c30-26-15-14-19(16-22(26)27-28-23(17-31-27)18-8-2-1-3-9-18)29-24-12-6-4-10-20(24)21-11-5-7-13-25(21)29/h1-17,30H. The summed E-state index contributed by atoms with van der Waals surface area (Å²) in [6.45, 7) is 0. The first-order valence-electron chi connectivity index (χ1n) is 10.1. The maximum Gasteiger partial charge on any atom is 0.127 e. The van der Waals surface area contributed by atoms with Crippen LogP contribution < -0.4 is 0 Å². The molecule has 31 heavy (non-hydrogen) atoms. The molecule has 0 aliphatic heterocycles. The molecule has 6 aromatic rings. The number of nitrogens with zero attached hydrogens (tertiary/aromatic N) is 2. The van der Waals surface area contributed by atoms with E-state index >= 15 is 0 Å². The van der Waals surface area contributed by atoms with Crippen LogP contribution >= 0.6 is 11.3 Å². The Morgan fingerprint density at radius 2 is 1.35 bits per heavy atom. The maximum atomic E-state index is 10.6. The molecule has 0 aliphatic rings. The lowest BCUT2D eigenvalue weighted by Crippen LogP contribution is -1.94. The number of aromatic nitrogens is 2. The number of thiazole rings is 1. The highest BCUT2D eigenvalue weighted by molar-refractivity contribution is 7.13. The highest BCUT2D eigenvalue weighted by Crippen LogP contribution is 2.38. The van der Waals surface area contributed by atoms with Crippen LogP contribution in [0.25, 0.3) is 49.3 Å². The zero-order valence-corrected chi connectivity index (χ0v) is 17.4. The zero-order chi connectivity index (χ0) is 20.8.